The third-order valence-electron chi connectivity index (χ3n) is 3.37. The Labute approximate surface area is 131 Å². The number of amides is 2. The molecule has 7 heteroatoms. The zero-order valence-electron chi connectivity index (χ0n) is 11.2. The Morgan fingerprint density at radius 3 is 3.14 bits per heavy atom. The number of carbonyl (C=O) groups is 1. The van der Waals surface area contributed by atoms with Crippen LogP contribution in [0.3, 0.4) is 0 Å². The average Bonchev–Trinajstić information content (AvgIpc) is 2.78. The summed E-state index contributed by atoms with van der Waals surface area (Å²) in [4.78, 5) is 17.5. The Kier molecular flexibility index (Phi) is 3.98. The van der Waals surface area contributed by atoms with Gasteiger partial charge in [-0.15, -0.1) is 11.3 Å². The lowest BCUT2D eigenvalue weighted by Crippen LogP contribution is -2.41. The first kappa shape index (κ1) is 14.2. The standard InChI is InChI=1S/C14H15ClN4OS/c15-8-2-1-3-9(6-8)17-14(20)18-10-4-5-11-12(7-10)21-13(16)19-11/h1-3,6,10H,4-5,7H2,(H2,16,19)(H2,17,18,20). The van der Waals surface area contributed by atoms with Crippen LogP contribution < -0.4 is 16.4 Å². The van der Waals surface area contributed by atoms with E-state index < -0.39 is 0 Å². The van der Waals surface area contributed by atoms with E-state index in [4.69, 9.17) is 17.3 Å². The Morgan fingerprint density at radius 1 is 1.48 bits per heavy atom. The number of urea groups is 1. The van der Waals surface area contributed by atoms with Crippen LogP contribution in [0.4, 0.5) is 15.6 Å². The van der Waals surface area contributed by atoms with Crippen molar-refractivity contribution in [1.82, 2.24) is 10.3 Å². The normalized spacial score (nSPS) is 17.1. The molecule has 1 aromatic carbocycles. The largest absolute Gasteiger partial charge is 0.375 e. The van der Waals surface area contributed by atoms with Gasteiger partial charge in [0.25, 0.3) is 0 Å². The molecular formula is C14H15ClN4OS. The van der Waals surface area contributed by atoms with Crippen LogP contribution in [-0.2, 0) is 12.8 Å². The average molecular weight is 323 g/mol. The van der Waals surface area contributed by atoms with Gasteiger partial charge in [0.2, 0.25) is 0 Å². The Balaban J connectivity index is 1.59. The van der Waals surface area contributed by atoms with Crippen molar-refractivity contribution in [2.24, 2.45) is 0 Å². The number of nitrogens with two attached hydrogens (primary N) is 1. The first-order chi connectivity index (χ1) is 10.1. The van der Waals surface area contributed by atoms with Gasteiger partial charge in [0.15, 0.2) is 5.13 Å². The minimum Gasteiger partial charge on any atom is -0.375 e. The molecule has 1 aromatic heterocycles. The van der Waals surface area contributed by atoms with Crippen LogP contribution >= 0.6 is 22.9 Å². The second-order valence-electron chi connectivity index (χ2n) is 4.97. The van der Waals surface area contributed by atoms with Crippen LogP contribution in [0.1, 0.15) is 17.0 Å². The Bertz CT molecular complexity index is 673. The van der Waals surface area contributed by atoms with Crippen LogP contribution in [0.25, 0.3) is 0 Å². The van der Waals surface area contributed by atoms with Gasteiger partial charge in [-0.1, -0.05) is 17.7 Å². The van der Waals surface area contributed by atoms with Crippen molar-refractivity contribution in [3.8, 4) is 0 Å². The summed E-state index contributed by atoms with van der Waals surface area (Å²) < 4.78 is 0. The summed E-state index contributed by atoms with van der Waals surface area (Å²) >= 11 is 7.39. The van der Waals surface area contributed by atoms with Crippen LogP contribution in [0.2, 0.25) is 5.02 Å². The van der Waals surface area contributed by atoms with E-state index in [9.17, 15) is 4.79 Å². The third kappa shape index (κ3) is 3.46. The number of anilines is 2. The molecule has 1 aliphatic carbocycles. The lowest BCUT2D eigenvalue weighted by molar-refractivity contribution is 0.247. The van der Waals surface area contributed by atoms with E-state index in [-0.39, 0.29) is 12.1 Å². The fourth-order valence-corrected chi connectivity index (χ4v) is 3.59. The van der Waals surface area contributed by atoms with Gasteiger partial charge in [0.05, 0.1) is 5.69 Å². The van der Waals surface area contributed by atoms with Crippen LogP contribution in [0.5, 0.6) is 0 Å². The second kappa shape index (κ2) is 5.91. The summed E-state index contributed by atoms with van der Waals surface area (Å²) in [6.45, 7) is 0. The summed E-state index contributed by atoms with van der Waals surface area (Å²) in [5.74, 6) is 0. The van der Waals surface area contributed by atoms with Crippen molar-refractivity contribution in [2.45, 2.75) is 25.3 Å². The van der Waals surface area contributed by atoms with Gasteiger partial charge in [-0.2, -0.15) is 0 Å². The Hall–Kier alpha value is -1.79. The van der Waals surface area contributed by atoms with Crippen molar-refractivity contribution < 1.29 is 4.79 Å². The second-order valence-corrected chi connectivity index (χ2v) is 6.52. The molecule has 1 heterocycles. The van der Waals surface area contributed by atoms with E-state index in [0.717, 1.165) is 25.0 Å². The highest BCUT2D eigenvalue weighted by Gasteiger charge is 2.23. The first-order valence-electron chi connectivity index (χ1n) is 6.67. The van der Waals surface area contributed by atoms with Gasteiger partial charge >= 0.3 is 6.03 Å². The number of thiazole rings is 1. The van der Waals surface area contributed by atoms with Gasteiger partial charge in [0.1, 0.15) is 0 Å². The molecule has 110 valence electrons. The number of aryl methyl sites for hydroxylation is 1. The molecule has 1 atom stereocenters. The van der Waals surface area contributed by atoms with Crippen molar-refractivity contribution in [1.29, 1.82) is 0 Å². The fourth-order valence-electron chi connectivity index (χ4n) is 2.44. The lowest BCUT2D eigenvalue weighted by Gasteiger charge is -2.22. The molecule has 0 saturated heterocycles. The van der Waals surface area contributed by atoms with Crippen LogP contribution in [0.15, 0.2) is 24.3 Å². The third-order valence-corrected chi connectivity index (χ3v) is 4.56. The van der Waals surface area contributed by atoms with Crippen LogP contribution in [0, 0.1) is 0 Å². The smallest absolute Gasteiger partial charge is 0.319 e. The topological polar surface area (TPSA) is 80.0 Å². The summed E-state index contributed by atoms with van der Waals surface area (Å²) in [5.41, 5.74) is 7.47. The maximum absolute atomic E-state index is 12.0. The molecule has 2 aromatic rings. The van der Waals surface area contributed by atoms with E-state index >= 15 is 0 Å². The molecule has 4 N–H and O–H groups in total. The van der Waals surface area contributed by atoms with Gasteiger partial charge in [-0.05, 0) is 31.0 Å². The predicted molar refractivity (Wildman–Crippen MR) is 85.9 cm³/mol. The van der Waals surface area contributed by atoms with E-state index in [0.29, 0.717) is 15.8 Å². The molecule has 0 fully saturated rings. The number of nitrogen functional groups attached to an aromatic ring is 1. The molecule has 5 nitrogen and oxygen atoms in total. The zero-order valence-corrected chi connectivity index (χ0v) is 12.8. The highest BCUT2D eigenvalue weighted by atomic mass is 35.5. The summed E-state index contributed by atoms with van der Waals surface area (Å²) in [6.07, 6.45) is 2.51. The quantitative estimate of drug-likeness (QED) is 0.795. The maximum Gasteiger partial charge on any atom is 0.319 e. The first-order valence-corrected chi connectivity index (χ1v) is 7.87. The minimum absolute atomic E-state index is 0.108. The molecule has 0 spiro atoms. The highest BCUT2D eigenvalue weighted by molar-refractivity contribution is 7.15. The number of hydrogen-bond donors (Lipinski definition) is 3. The van der Waals surface area contributed by atoms with Gasteiger partial charge in [0, 0.05) is 28.0 Å². The number of benzene rings is 1. The van der Waals surface area contributed by atoms with E-state index in [2.05, 4.69) is 15.6 Å². The summed E-state index contributed by atoms with van der Waals surface area (Å²) in [7, 11) is 0. The van der Waals surface area contributed by atoms with E-state index in [1.165, 1.54) is 16.2 Å². The fraction of sp³-hybridized carbons (Fsp3) is 0.286. The molecule has 0 aliphatic heterocycles. The van der Waals surface area contributed by atoms with Crippen molar-refractivity contribution >= 4 is 39.8 Å². The molecule has 2 amide bonds. The molecule has 0 radical (unpaired) electrons. The van der Waals surface area contributed by atoms with Crippen molar-refractivity contribution in [2.75, 3.05) is 11.1 Å². The Morgan fingerprint density at radius 2 is 2.33 bits per heavy atom. The molecular weight excluding hydrogens is 308 g/mol. The summed E-state index contributed by atoms with van der Waals surface area (Å²) in [6, 6.07) is 6.96. The number of nitrogens with zero attached hydrogens (tertiary/aromatic N) is 1. The zero-order chi connectivity index (χ0) is 14.8. The number of fused-ring (bicyclic) bond motifs is 1. The van der Waals surface area contributed by atoms with Gasteiger partial charge in [-0.25, -0.2) is 9.78 Å². The minimum atomic E-state index is -0.219. The van der Waals surface area contributed by atoms with E-state index in [1.54, 1.807) is 24.3 Å². The molecule has 0 saturated carbocycles. The summed E-state index contributed by atoms with van der Waals surface area (Å²) in [5, 5.41) is 6.96. The maximum atomic E-state index is 12.0. The van der Waals surface area contributed by atoms with Crippen LogP contribution in [-0.4, -0.2) is 17.1 Å². The molecule has 3 rings (SSSR count). The van der Waals surface area contributed by atoms with Crippen molar-refractivity contribution in [3.05, 3.63) is 39.9 Å². The SMILES string of the molecule is Nc1nc2c(s1)CC(NC(=O)Nc1cccc(Cl)c1)CC2. The van der Waals surface area contributed by atoms with Gasteiger partial charge < -0.3 is 16.4 Å². The van der Waals surface area contributed by atoms with E-state index in [1.807, 2.05) is 0 Å². The van der Waals surface area contributed by atoms with Crippen molar-refractivity contribution in [3.63, 3.8) is 0 Å². The molecule has 1 aliphatic rings. The van der Waals surface area contributed by atoms with Gasteiger partial charge in [-0.3, -0.25) is 0 Å². The number of hydrogen-bond acceptors (Lipinski definition) is 4. The molecule has 21 heavy (non-hydrogen) atoms. The number of rotatable bonds is 2. The lowest BCUT2D eigenvalue weighted by atomic mass is 9.98. The molecule has 1 unspecified atom stereocenters. The number of nitrogens with one attached hydrogen (secondary N) is 2. The number of carbonyl (C=O) groups excluding carboxylic acids is 1. The number of aromatic nitrogens is 1. The monoisotopic (exact) mass is 322 g/mol. The number of halogens is 1. The molecule has 0 bridgehead atoms. The highest BCUT2D eigenvalue weighted by Crippen LogP contribution is 2.28. The predicted octanol–water partition coefficient (Wildman–Crippen LogP) is 3.06.